The number of hydrogen-bond donors (Lipinski definition) is 2. The minimum absolute atomic E-state index is 0.102. The summed E-state index contributed by atoms with van der Waals surface area (Å²) >= 11 is 6.22. The topological polar surface area (TPSA) is 93.5 Å². The molecule has 1 amide bonds. The second-order valence-electron chi connectivity index (χ2n) is 9.57. The lowest BCUT2D eigenvalue weighted by atomic mass is 9.86. The molecule has 0 radical (unpaired) electrons. The summed E-state index contributed by atoms with van der Waals surface area (Å²) in [6.07, 6.45) is 5.75. The van der Waals surface area contributed by atoms with Crippen LogP contribution in [0.5, 0.6) is 5.88 Å². The number of rotatable bonds is 7. The molecule has 196 valence electrons. The van der Waals surface area contributed by atoms with E-state index in [0.29, 0.717) is 59.6 Å². The molecule has 1 aliphatic rings. The van der Waals surface area contributed by atoms with E-state index >= 15 is 0 Å². The number of aliphatic carboxylic acids is 1. The van der Waals surface area contributed by atoms with Gasteiger partial charge in [0.2, 0.25) is 5.88 Å². The van der Waals surface area contributed by atoms with Crippen molar-refractivity contribution in [1.82, 2.24) is 14.9 Å². The molecule has 2 heterocycles. The van der Waals surface area contributed by atoms with Crippen LogP contribution in [0.2, 0.25) is 5.02 Å². The fourth-order valence-electron chi connectivity index (χ4n) is 5.09. The van der Waals surface area contributed by atoms with E-state index in [0.717, 1.165) is 16.7 Å². The van der Waals surface area contributed by atoms with Gasteiger partial charge in [-0.3, -0.25) is 9.59 Å². The van der Waals surface area contributed by atoms with Crippen LogP contribution >= 0.6 is 11.6 Å². The Labute approximate surface area is 224 Å². The van der Waals surface area contributed by atoms with E-state index < -0.39 is 11.8 Å². The molecule has 9 heteroatoms. The Balaban J connectivity index is 1.36. The van der Waals surface area contributed by atoms with Gasteiger partial charge in [-0.2, -0.15) is 0 Å². The van der Waals surface area contributed by atoms with Gasteiger partial charge in [-0.1, -0.05) is 35.9 Å². The van der Waals surface area contributed by atoms with Gasteiger partial charge < -0.3 is 19.7 Å². The zero-order valence-corrected chi connectivity index (χ0v) is 21.5. The van der Waals surface area contributed by atoms with Gasteiger partial charge >= 0.3 is 5.97 Å². The molecule has 0 atom stereocenters. The average Bonchev–Trinajstić information content (AvgIpc) is 3.34. The van der Waals surface area contributed by atoms with Crippen molar-refractivity contribution in [3.05, 3.63) is 82.9 Å². The number of carboxylic acid groups (broad SMARTS) is 1. The third-order valence-corrected chi connectivity index (χ3v) is 7.44. The number of amides is 1. The summed E-state index contributed by atoms with van der Waals surface area (Å²) in [7, 11) is 1.51. The molecule has 1 aliphatic carbocycles. The third kappa shape index (κ3) is 5.22. The predicted octanol–water partition coefficient (Wildman–Crippen LogP) is 5.93. The molecule has 0 bridgehead atoms. The number of ether oxygens (including phenoxy) is 1. The number of nitrogens with zero attached hydrogens (tertiary/aromatic N) is 2. The Bertz CT molecular complexity index is 1490. The third-order valence-electron chi connectivity index (χ3n) is 7.17. The molecule has 0 saturated heterocycles. The quantitative estimate of drug-likeness (QED) is 0.306. The first-order valence-electron chi connectivity index (χ1n) is 12.4. The summed E-state index contributed by atoms with van der Waals surface area (Å²) in [5.41, 5.74) is 3.68. The van der Waals surface area contributed by atoms with Gasteiger partial charge in [0.05, 0.1) is 24.1 Å². The van der Waals surface area contributed by atoms with Crippen molar-refractivity contribution in [2.75, 3.05) is 7.11 Å². The molecule has 2 aromatic heterocycles. The molecule has 1 saturated carbocycles. The van der Waals surface area contributed by atoms with Crippen LogP contribution in [0.15, 0.2) is 60.9 Å². The Morgan fingerprint density at radius 3 is 2.50 bits per heavy atom. The molecule has 0 unspecified atom stereocenters. The maximum Gasteiger partial charge on any atom is 0.306 e. The van der Waals surface area contributed by atoms with E-state index in [4.69, 9.17) is 16.3 Å². The number of nitrogens with one attached hydrogen (secondary N) is 1. The molecule has 2 aromatic carbocycles. The first-order valence-corrected chi connectivity index (χ1v) is 12.8. The highest BCUT2D eigenvalue weighted by Gasteiger charge is 2.27. The zero-order chi connectivity index (χ0) is 26.8. The van der Waals surface area contributed by atoms with Crippen LogP contribution in [0, 0.1) is 11.7 Å². The van der Waals surface area contributed by atoms with Crippen LogP contribution < -0.4 is 10.1 Å². The zero-order valence-electron chi connectivity index (χ0n) is 20.8. The Morgan fingerprint density at radius 1 is 1.11 bits per heavy atom. The van der Waals surface area contributed by atoms with Crippen LogP contribution in [0.4, 0.5) is 4.39 Å². The lowest BCUT2D eigenvalue weighted by Crippen LogP contribution is -2.38. The van der Waals surface area contributed by atoms with Crippen molar-refractivity contribution >= 4 is 34.4 Å². The van der Waals surface area contributed by atoms with Gasteiger partial charge in [0, 0.05) is 35.9 Å². The lowest BCUT2D eigenvalue weighted by Gasteiger charge is -2.27. The normalized spacial score (nSPS) is 17.3. The fourth-order valence-corrected chi connectivity index (χ4v) is 5.33. The molecule has 1 fully saturated rings. The highest BCUT2D eigenvalue weighted by molar-refractivity contribution is 6.32. The molecule has 5 rings (SSSR count). The smallest absolute Gasteiger partial charge is 0.306 e. The number of aromatic nitrogens is 2. The number of halogens is 2. The van der Waals surface area contributed by atoms with Crippen LogP contribution in [0.3, 0.4) is 0 Å². The van der Waals surface area contributed by atoms with Gasteiger partial charge in [-0.15, -0.1) is 0 Å². The largest absolute Gasteiger partial charge is 0.481 e. The number of carbonyl (C=O) groups excluding carboxylic acids is 1. The summed E-state index contributed by atoms with van der Waals surface area (Å²) in [6.45, 7) is 0.443. The highest BCUT2D eigenvalue weighted by Crippen LogP contribution is 2.30. The number of pyridine rings is 1. The Kier molecular flexibility index (Phi) is 7.33. The first-order chi connectivity index (χ1) is 18.3. The number of carboxylic acids is 1. The number of benzene rings is 2. The molecule has 7 nitrogen and oxygen atoms in total. The molecular formula is C29H27ClFN3O4. The van der Waals surface area contributed by atoms with Gasteiger partial charge in [-0.05, 0) is 61.1 Å². The summed E-state index contributed by atoms with van der Waals surface area (Å²) in [4.78, 5) is 28.7. The maximum atomic E-state index is 14.7. The van der Waals surface area contributed by atoms with Gasteiger partial charge in [0.25, 0.3) is 5.91 Å². The Morgan fingerprint density at radius 2 is 1.84 bits per heavy atom. The van der Waals surface area contributed by atoms with E-state index in [2.05, 4.69) is 10.3 Å². The van der Waals surface area contributed by atoms with Crippen molar-refractivity contribution in [1.29, 1.82) is 0 Å². The molecule has 0 aliphatic heterocycles. The van der Waals surface area contributed by atoms with Crippen LogP contribution in [-0.4, -0.2) is 39.7 Å². The summed E-state index contributed by atoms with van der Waals surface area (Å²) in [6, 6.07) is 14.1. The SMILES string of the molecule is COc1ncc(-c2ccc(Cn3ccc4c(F)ccc(C(=O)NC5CCC(C(=O)O)CC5)c43)cc2)cc1Cl. The summed E-state index contributed by atoms with van der Waals surface area (Å²) in [5.74, 6) is -1.45. The van der Waals surface area contributed by atoms with Crippen molar-refractivity contribution in [2.45, 2.75) is 38.3 Å². The Hall–Kier alpha value is -3.91. The minimum Gasteiger partial charge on any atom is -0.481 e. The second-order valence-corrected chi connectivity index (χ2v) is 9.98. The molecular weight excluding hydrogens is 509 g/mol. The van der Waals surface area contributed by atoms with Crippen molar-refractivity contribution in [3.63, 3.8) is 0 Å². The van der Waals surface area contributed by atoms with Crippen LogP contribution in [0.1, 0.15) is 41.6 Å². The van der Waals surface area contributed by atoms with Gasteiger partial charge in [-0.25, -0.2) is 9.37 Å². The average molecular weight is 536 g/mol. The van der Waals surface area contributed by atoms with E-state index in [1.54, 1.807) is 24.5 Å². The monoisotopic (exact) mass is 535 g/mol. The molecule has 4 aromatic rings. The fraction of sp³-hybridized carbons (Fsp3) is 0.276. The van der Waals surface area contributed by atoms with Gasteiger partial charge in [0.1, 0.15) is 10.8 Å². The number of carbonyl (C=O) groups is 2. The van der Waals surface area contributed by atoms with Crippen LogP contribution in [-0.2, 0) is 11.3 Å². The minimum atomic E-state index is -0.787. The van der Waals surface area contributed by atoms with Gasteiger partial charge in [0.15, 0.2) is 0 Å². The van der Waals surface area contributed by atoms with Crippen molar-refractivity contribution < 1.29 is 23.8 Å². The van der Waals surface area contributed by atoms with E-state index in [9.17, 15) is 19.1 Å². The maximum absolute atomic E-state index is 14.7. The number of hydrogen-bond acceptors (Lipinski definition) is 4. The lowest BCUT2D eigenvalue weighted by molar-refractivity contribution is -0.142. The van der Waals surface area contributed by atoms with Crippen LogP contribution in [0.25, 0.3) is 22.0 Å². The van der Waals surface area contributed by atoms with Crippen molar-refractivity contribution in [2.24, 2.45) is 5.92 Å². The first kappa shape index (κ1) is 25.7. The van der Waals surface area contributed by atoms with E-state index in [1.165, 1.54) is 19.2 Å². The standard InChI is InChI=1S/C29H27ClFN3O4/c1-38-28-24(30)14-20(15-32-28)18-4-2-17(3-5-18)16-34-13-12-22-25(31)11-10-23(26(22)34)27(35)33-21-8-6-19(7-9-21)29(36)37/h2-5,10-15,19,21H,6-9,16H2,1H3,(H,33,35)(H,36,37). The molecule has 38 heavy (non-hydrogen) atoms. The number of methoxy groups -OCH3 is 1. The molecule has 2 N–H and O–H groups in total. The summed E-state index contributed by atoms with van der Waals surface area (Å²) < 4.78 is 21.6. The van der Waals surface area contributed by atoms with Crippen molar-refractivity contribution in [3.8, 4) is 17.0 Å². The highest BCUT2D eigenvalue weighted by atomic mass is 35.5. The molecule has 0 spiro atoms. The van der Waals surface area contributed by atoms with E-state index in [1.807, 2.05) is 28.8 Å². The second kappa shape index (κ2) is 10.8. The van der Waals surface area contributed by atoms with E-state index in [-0.39, 0.29) is 17.9 Å². The predicted molar refractivity (Wildman–Crippen MR) is 143 cm³/mol. The number of fused-ring (bicyclic) bond motifs is 1. The summed E-state index contributed by atoms with van der Waals surface area (Å²) in [5, 5.41) is 13.1.